The van der Waals surface area contributed by atoms with Gasteiger partial charge >= 0.3 is 12.1 Å². The Morgan fingerprint density at radius 3 is 2.53 bits per heavy atom. The number of hydrogen-bond acceptors (Lipinski definition) is 12. The van der Waals surface area contributed by atoms with Gasteiger partial charge in [0.2, 0.25) is 0 Å². The number of carbonyl (C=O) groups is 3. The number of unbranched alkanes of at least 4 members (excludes halogenated alkanes) is 1. The van der Waals surface area contributed by atoms with Crippen LogP contribution in [-0.2, 0) is 33.3 Å². The number of aliphatic hydroxyl groups excluding tert-OH is 1. The van der Waals surface area contributed by atoms with Crippen molar-refractivity contribution < 1.29 is 43.2 Å². The highest BCUT2D eigenvalue weighted by Crippen LogP contribution is 2.39. The van der Waals surface area contributed by atoms with E-state index in [4.69, 9.17) is 34.9 Å². The molecule has 0 aromatic carbocycles. The molecule has 15 nitrogen and oxygen atoms in total. The summed E-state index contributed by atoms with van der Waals surface area (Å²) in [6.07, 6.45) is -2.51. The second-order valence-electron chi connectivity index (χ2n) is 13.9. The van der Waals surface area contributed by atoms with Crippen LogP contribution in [0.5, 0.6) is 0 Å². The molecule has 3 heterocycles. The van der Waals surface area contributed by atoms with E-state index in [1.807, 2.05) is 34.6 Å². The van der Waals surface area contributed by atoms with E-state index >= 15 is 0 Å². The van der Waals surface area contributed by atoms with Crippen molar-refractivity contribution in [1.29, 1.82) is 0 Å². The number of hydrogen-bond donors (Lipinski definition) is 3. The third-order valence-corrected chi connectivity index (χ3v) is 10.1. The highest BCUT2D eigenvalue weighted by molar-refractivity contribution is 5.99. The summed E-state index contributed by atoms with van der Waals surface area (Å²) in [5, 5.41) is 18.0. The van der Waals surface area contributed by atoms with Crippen LogP contribution in [0.3, 0.4) is 0 Å². The first-order chi connectivity index (χ1) is 22.1. The Hall–Kier alpha value is -2.52. The van der Waals surface area contributed by atoms with Crippen LogP contribution < -0.4 is 11.1 Å². The zero-order valence-electron chi connectivity index (χ0n) is 29.2. The second-order valence-corrected chi connectivity index (χ2v) is 13.9. The molecule has 3 saturated heterocycles. The van der Waals surface area contributed by atoms with Crippen molar-refractivity contribution in [3.8, 4) is 0 Å². The van der Waals surface area contributed by atoms with Gasteiger partial charge in [0.1, 0.15) is 23.9 Å². The highest BCUT2D eigenvalue weighted by Gasteiger charge is 2.58. The Bertz CT molecular complexity index is 1140. The lowest BCUT2D eigenvalue weighted by molar-refractivity contribution is -0.282. The number of ketones is 1. The largest absolute Gasteiger partial charge is 0.458 e. The maximum absolute atomic E-state index is 13.8. The molecule has 47 heavy (non-hydrogen) atoms. The lowest BCUT2D eigenvalue weighted by atomic mass is 9.83. The van der Waals surface area contributed by atoms with Gasteiger partial charge in [-0.05, 0) is 84.7 Å². The lowest BCUT2D eigenvalue weighted by Gasteiger charge is -2.43. The molecule has 15 heteroatoms. The quantitative estimate of drug-likeness (QED) is 0.0812. The van der Waals surface area contributed by atoms with E-state index in [2.05, 4.69) is 15.3 Å². The maximum atomic E-state index is 13.8. The van der Waals surface area contributed by atoms with Crippen molar-refractivity contribution in [3.05, 3.63) is 10.4 Å². The van der Waals surface area contributed by atoms with Crippen LogP contribution in [0.2, 0.25) is 0 Å². The van der Waals surface area contributed by atoms with E-state index < -0.39 is 71.7 Å². The topological polar surface area (TPSA) is 208 Å². The molecule has 4 N–H and O–H groups in total. The molecule has 0 aliphatic carbocycles. The number of nitrogens with two attached hydrogens (primary N) is 1. The number of esters is 1. The molecule has 0 aromatic heterocycles. The van der Waals surface area contributed by atoms with Crippen molar-refractivity contribution >= 4 is 17.8 Å². The number of Topliss-reactive ketones (excluding diaryl/α,β-unsaturated/α-hetero) is 1. The normalized spacial score (nSPS) is 40.8. The summed E-state index contributed by atoms with van der Waals surface area (Å²) in [4.78, 5) is 45.1. The van der Waals surface area contributed by atoms with Gasteiger partial charge in [-0.2, -0.15) is 0 Å². The minimum atomic E-state index is -1.22. The monoisotopic (exact) mass is 668 g/mol. The highest BCUT2D eigenvalue weighted by atomic mass is 16.7. The van der Waals surface area contributed by atoms with Crippen LogP contribution in [0.1, 0.15) is 87.0 Å². The number of nitrogens with one attached hydrogen (secondary N) is 1. The molecule has 0 bridgehead atoms. The van der Waals surface area contributed by atoms with Gasteiger partial charge in [-0.3, -0.25) is 14.5 Å². The first kappa shape index (κ1) is 38.9. The van der Waals surface area contributed by atoms with E-state index in [9.17, 15) is 19.5 Å². The van der Waals surface area contributed by atoms with Crippen LogP contribution >= 0.6 is 0 Å². The molecule has 3 fully saturated rings. The van der Waals surface area contributed by atoms with Gasteiger partial charge in [-0.15, -0.1) is 0 Å². The van der Waals surface area contributed by atoms with Crippen molar-refractivity contribution in [2.45, 2.75) is 147 Å². The average molecular weight is 669 g/mol. The Morgan fingerprint density at radius 2 is 1.89 bits per heavy atom. The molecule has 1 amide bonds. The first-order valence-electron chi connectivity index (χ1n) is 16.9. The third-order valence-electron chi connectivity index (χ3n) is 10.1. The molecule has 12 atom stereocenters. The smallest absolute Gasteiger partial charge is 0.410 e. The SMILES string of the molecule is CC[C@H]1OC(=O)[C@H](C)C(=O)C[C@@H](O[C@@H]2OC(C)CC(N)C2O)[C@](C)(OC)C[C@@H](C)CN[C@H](C)[C@H]2N(CCCCN=[N+]=[N-])C(=O)O[C@]12C. The van der Waals surface area contributed by atoms with E-state index in [1.54, 1.807) is 18.9 Å². The summed E-state index contributed by atoms with van der Waals surface area (Å²) in [6, 6.07) is -1.38. The maximum Gasteiger partial charge on any atom is 0.410 e. The molecule has 0 spiro atoms. The molecule has 3 unspecified atom stereocenters. The zero-order chi connectivity index (χ0) is 35.1. The summed E-state index contributed by atoms with van der Waals surface area (Å²) < 4.78 is 30.3. The van der Waals surface area contributed by atoms with Gasteiger partial charge in [0.15, 0.2) is 11.9 Å². The molecule has 3 aliphatic heterocycles. The summed E-state index contributed by atoms with van der Waals surface area (Å²) in [5.41, 5.74) is 12.5. The number of aliphatic hydroxyl groups is 1. The first-order valence-corrected chi connectivity index (χ1v) is 16.9. The Balaban J connectivity index is 1.97. The molecular weight excluding hydrogens is 612 g/mol. The molecule has 0 saturated carbocycles. The van der Waals surface area contributed by atoms with Crippen LogP contribution in [0, 0.1) is 11.8 Å². The third kappa shape index (κ3) is 9.14. The van der Waals surface area contributed by atoms with E-state index in [1.165, 1.54) is 6.92 Å². The van der Waals surface area contributed by atoms with Crippen LogP contribution in [0.4, 0.5) is 4.79 Å². The van der Waals surface area contributed by atoms with Crippen molar-refractivity contribution in [2.24, 2.45) is 22.7 Å². The number of ether oxygens (including phenoxy) is 5. The molecule has 3 aliphatic rings. The van der Waals surface area contributed by atoms with Gasteiger partial charge in [0.25, 0.3) is 0 Å². The van der Waals surface area contributed by atoms with Gasteiger partial charge in [-0.1, -0.05) is 19.0 Å². The molecule has 3 rings (SSSR count). The molecule has 0 aromatic rings. The van der Waals surface area contributed by atoms with Crippen molar-refractivity contribution in [1.82, 2.24) is 10.2 Å². The second kappa shape index (κ2) is 16.7. The standard InChI is InChI=1S/C32H56N6O9/c1-9-24-32(7)27(38(30(42)47-32)13-11-10-12-36-37-34)21(5)35-17-18(2)16-31(6,43-8)25(15-23(39)20(4)28(41)45-24)46-29-26(40)22(33)14-19(3)44-29/h18-22,24-27,29,35,40H,9-17,33H2,1-8H3/t18-,19?,20-,21-,22?,24-,25-,26?,27-,29+,31-,32-/m1/s1. The zero-order valence-corrected chi connectivity index (χ0v) is 29.2. The van der Waals surface area contributed by atoms with E-state index in [-0.39, 0.29) is 24.5 Å². The fourth-order valence-corrected chi connectivity index (χ4v) is 7.21. The van der Waals surface area contributed by atoms with Crippen molar-refractivity contribution in [2.75, 3.05) is 26.7 Å². The fraction of sp³-hybridized carbons (Fsp3) is 0.906. The molecule has 0 radical (unpaired) electrons. The van der Waals surface area contributed by atoms with Gasteiger partial charge in [0.05, 0.1) is 23.9 Å². The summed E-state index contributed by atoms with van der Waals surface area (Å²) in [7, 11) is 1.54. The minimum Gasteiger partial charge on any atom is -0.458 e. The number of rotatable bonds is 9. The summed E-state index contributed by atoms with van der Waals surface area (Å²) in [5.74, 6) is -2.34. The number of methoxy groups -OCH3 is 1. The van der Waals surface area contributed by atoms with Gasteiger partial charge in [-0.25, -0.2) is 4.79 Å². The number of cyclic esters (lactones) is 1. The van der Waals surface area contributed by atoms with Gasteiger partial charge in [0, 0.05) is 43.6 Å². The number of nitrogens with zero attached hydrogens (tertiary/aromatic N) is 4. The summed E-state index contributed by atoms with van der Waals surface area (Å²) in [6.45, 7) is 14.0. The predicted octanol–water partition coefficient (Wildman–Crippen LogP) is 3.20. The van der Waals surface area contributed by atoms with Crippen molar-refractivity contribution in [3.63, 3.8) is 0 Å². The molecular formula is C32H56N6O9. The van der Waals surface area contributed by atoms with E-state index in [0.717, 1.165) is 0 Å². The van der Waals surface area contributed by atoms with Crippen LogP contribution in [0.15, 0.2) is 5.11 Å². The fourth-order valence-electron chi connectivity index (χ4n) is 7.21. The number of azide groups is 1. The lowest BCUT2D eigenvalue weighted by Crippen LogP contribution is -2.61. The number of fused-ring (bicyclic) bond motifs is 1. The predicted molar refractivity (Wildman–Crippen MR) is 172 cm³/mol. The van der Waals surface area contributed by atoms with Gasteiger partial charge < -0.3 is 39.8 Å². The Kier molecular flexibility index (Phi) is 13.9. The van der Waals surface area contributed by atoms with E-state index in [0.29, 0.717) is 51.7 Å². The average Bonchev–Trinajstić information content (AvgIpc) is 3.28. The Morgan fingerprint density at radius 1 is 1.19 bits per heavy atom. The number of amides is 1. The number of carbonyl (C=O) groups excluding carboxylic acids is 3. The Labute approximate surface area is 278 Å². The minimum absolute atomic E-state index is 0.00837. The summed E-state index contributed by atoms with van der Waals surface area (Å²) >= 11 is 0. The van der Waals surface area contributed by atoms with Crippen LogP contribution in [-0.4, -0.2) is 115 Å². The molecule has 268 valence electrons. The van der Waals surface area contributed by atoms with Crippen LogP contribution in [0.25, 0.3) is 10.4 Å².